The number of carbonyl (C=O) groups excluding carboxylic acids is 2. The summed E-state index contributed by atoms with van der Waals surface area (Å²) in [4.78, 5) is 26.7. The van der Waals surface area contributed by atoms with Gasteiger partial charge in [0.25, 0.3) is 11.8 Å². The fourth-order valence-electron chi connectivity index (χ4n) is 5.78. The van der Waals surface area contributed by atoms with Crippen molar-refractivity contribution in [2.75, 3.05) is 18.4 Å². The lowest BCUT2D eigenvalue weighted by Crippen LogP contribution is -2.55. The van der Waals surface area contributed by atoms with E-state index in [2.05, 4.69) is 38.3 Å². The maximum Gasteiger partial charge on any atom is 0.256 e. The highest BCUT2D eigenvalue weighted by molar-refractivity contribution is 7.89. The van der Waals surface area contributed by atoms with E-state index >= 15 is 0 Å². The van der Waals surface area contributed by atoms with Gasteiger partial charge in [-0.2, -0.15) is 4.31 Å². The molecule has 2 aromatic rings. The maximum atomic E-state index is 13.2. The van der Waals surface area contributed by atoms with Crippen LogP contribution in [0.2, 0.25) is 0 Å². The zero-order chi connectivity index (χ0) is 26.6. The number of nitrogens with two attached hydrogens (primary N) is 1. The minimum atomic E-state index is -3.64. The molecule has 3 heterocycles. The SMILES string of the molecule is CC1CC(C)CN(S(=O)(=O)c2ccc(C(=O)Nc3sc4c(c3C(N)=O)CC(C)(C)NC4(C)C)cc2)C1. The van der Waals surface area contributed by atoms with Crippen LogP contribution in [0.15, 0.2) is 29.2 Å². The van der Waals surface area contributed by atoms with Crippen LogP contribution in [0.3, 0.4) is 0 Å². The van der Waals surface area contributed by atoms with Gasteiger partial charge in [-0.15, -0.1) is 11.3 Å². The third-order valence-electron chi connectivity index (χ3n) is 6.91. The summed E-state index contributed by atoms with van der Waals surface area (Å²) in [6.45, 7) is 13.3. The zero-order valence-electron chi connectivity index (χ0n) is 21.8. The fraction of sp³-hybridized carbons (Fsp3) is 0.538. The van der Waals surface area contributed by atoms with Crippen molar-refractivity contribution in [2.45, 2.75) is 70.4 Å². The number of nitrogens with zero attached hydrogens (tertiary/aromatic N) is 1. The van der Waals surface area contributed by atoms with Gasteiger partial charge in [-0.25, -0.2) is 8.42 Å². The van der Waals surface area contributed by atoms with Crippen LogP contribution in [-0.2, 0) is 22.0 Å². The minimum Gasteiger partial charge on any atom is -0.365 e. The van der Waals surface area contributed by atoms with Crippen molar-refractivity contribution >= 4 is 38.2 Å². The highest BCUT2D eigenvalue weighted by Gasteiger charge is 2.41. The van der Waals surface area contributed by atoms with E-state index in [9.17, 15) is 18.0 Å². The van der Waals surface area contributed by atoms with E-state index in [0.717, 1.165) is 16.9 Å². The molecule has 0 bridgehead atoms. The van der Waals surface area contributed by atoms with E-state index < -0.39 is 27.4 Å². The largest absolute Gasteiger partial charge is 0.365 e. The second-order valence-electron chi connectivity index (χ2n) is 11.5. The van der Waals surface area contributed by atoms with Crippen LogP contribution in [0, 0.1) is 11.8 Å². The van der Waals surface area contributed by atoms with Crippen molar-refractivity contribution in [3.63, 3.8) is 0 Å². The molecular weight excluding hydrogens is 496 g/mol. The Morgan fingerprint density at radius 3 is 2.22 bits per heavy atom. The molecule has 0 radical (unpaired) electrons. The molecule has 1 saturated heterocycles. The Morgan fingerprint density at radius 1 is 1.08 bits per heavy atom. The third-order valence-corrected chi connectivity index (χ3v) is 10.2. The topological polar surface area (TPSA) is 122 Å². The molecule has 2 amide bonds. The average Bonchev–Trinajstić information content (AvgIpc) is 3.10. The smallest absolute Gasteiger partial charge is 0.256 e. The molecule has 10 heteroatoms. The summed E-state index contributed by atoms with van der Waals surface area (Å²) in [5.74, 6) is -0.404. The Bertz CT molecular complexity index is 1290. The van der Waals surface area contributed by atoms with Crippen molar-refractivity contribution in [3.8, 4) is 0 Å². The molecule has 4 N–H and O–H groups in total. The van der Waals surface area contributed by atoms with Gasteiger partial charge in [-0.1, -0.05) is 13.8 Å². The first-order valence-electron chi connectivity index (χ1n) is 12.3. The number of sulfonamides is 1. The van der Waals surface area contributed by atoms with E-state index in [-0.39, 0.29) is 10.4 Å². The molecule has 8 nitrogen and oxygen atoms in total. The van der Waals surface area contributed by atoms with Crippen molar-refractivity contribution in [2.24, 2.45) is 17.6 Å². The molecule has 2 aliphatic rings. The first-order chi connectivity index (χ1) is 16.6. The Kier molecular flexibility index (Phi) is 6.87. The van der Waals surface area contributed by atoms with Crippen molar-refractivity contribution in [1.29, 1.82) is 0 Å². The Morgan fingerprint density at radius 2 is 1.67 bits per heavy atom. The number of thiophene rings is 1. The van der Waals surface area contributed by atoms with Gasteiger partial charge in [0.05, 0.1) is 10.5 Å². The number of nitrogens with one attached hydrogen (secondary N) is 2. The van der Waals surface area contributed by atoms with Crippen LogP contribution in [-0.4, -0.2) is 43.2 Å². The summed E-state index contributed by atoms with van der Waals surface area (Å²) in [5, 5.41) is 6.86. The highest BCUT2D eigenvalue weighted by Crippen LogP contribution is 2.45. The van der Waals surface area contributed by atoms with Crippen LogP contribution in [0.5, 0.6) is 0 Å². The molecule has 196 valence electrons. The van der Waals surface area contributed by atoms with Gasteiger partial charge in [0.15, 0.2) is 0 Å². The van der Waals surface area contributed by atoms with Gasteiger partial charge in [0, 0.05) is 34.6 Å². The van der Waals surface area contributed by atoms with Gasteiger partial charge in [-0.3, -0.25) is 9.59 Å². The second kappa shape index (κ2) is 9.24. The molecule has 36 heavy (non-hydrogen) atoms. The van der Waals surface area contributed by atoms with Crippen LogP contribution in [0.25, 0.3) is 0 Å². The maximum absolute atomic E-state index is 13.2. The summed E-state index contributed by atoms with van der Waals surface area (Å²) in [6, 6.07) is 5.95. The Hall–Kier alpha value is -2.27. The number of piperidine rings is 1. The first-order valence-corrected chi connectivity index (χ1v) is 14.5. The van der Waals surface area contributed by atoms with E-state index in [4.69, 9.17) is 5.73 Å². The molecule has 0 spiro atoms. The van der Waals surface area contributed by atoms with Gasteiger partial charge < -0.3 is 16.4 Å². The standard InChI is InChI=1S/C26H36N4O4S2/c1-15-11-16(2)14-30(13-15)36(33,34)18-9-7-17(8-10-18)23(32)28-24-20(22(27)31)19-12-25(3,4)29-26(5,6)21(19)35-24/h7-10,15-16,29H,11-14H2,1-6H3,(H2,27,31)(H,28,32). The van der Waals surface area contributed by atoms with E-state index in [1.807, 2.05) is 13.8 Å². The molecule has 4 rings (SSSR count). The van der Waals surface area contributed by atoms with Crippen molar-refractivity contribution in [1.82, 2.24) is 9.62 Å². The van der Waals surface area contributed by atoms with Crippen LogP contribution >= 0.6 is 11.3 Å². The minimum absolute atomic E-state index is 0.166. The molecule has 1 fully saturated rings. The Balaban J connectivity index is 1.59. The molecule has 1 aromatic heterocycles. The number of amides is 2. The van der Waals surface area contributed by atoms with Gasteiger partial charge in [0.2, 0.25) is 10.0 Å². The number of benzene rings is 1. The van der Waals surface area contributed by atoms with Gasteiger partial charge in [0.1, 0.15) is 5.00 Å². The van der Waals surface area contributed by atoms with Crippen LogP contribution in [0.1, 0.15) is 79.1 Å². The number of hydrogen-bond acceptors (Lipinski definition) is 6. The van der Waals surface area contributed by atoms with Crippen LogP contribution in [0.4, 0.5) is 5.00 Å². The number of anilines is 1. The molecule has 2 unspecified atom stereocenters. The molecule has 2 atom stereocenters. The predicted molar refractivity (Wildman–Crippen MR) is 143 cm³/mol. The third kappa shape index (κ3) is 5.09. The number of rotatable bonds is 5. The van der Waals surface area contributed by atoms with E-state index in [0.29, 0.717) is 47.5 Å². The summed E-state index contributed by atoms with van der Waals surface area (Å²) < 4.78 is 27.9. The average molecular weight is 533 g/mol. The molecule has 0 aliphatic carbocycles. The summed E-state index contributed by atoms with van der Waals surface area (Å²) in [5.41, 5.74) is 6.63. The lowest BCUT2D eigenvalue weighted by molar-refractivity contribution is 0.0999. The highest BCUT2D eigenvalue weighted by atomic mass is 32.2. The molecule has 0 saturated carbocycles. The number of fused-ring (bicyclic) bond motifs is 1. The Labute approximate surface area is 217 Å². The van der Waals surface area contributed by atoms with Crippen molar-refractivity contribution in [3.05, 3.63) is 45.8 Å². The summed E-state index contributed by atoms with van der Waals surface area (Å²) in [6.07, 6.45) is 1.62. The predicted octanol–water partition coefficient (Wildman–Crippen LogP) is 3.93. The lowest BCUT2D eigenvalue weighted by Gasteiger charge is -2.42. The molecule has 1 aromatic carbocycles. The van der Waals surface area contributed by atoms with E-state index in [1.54, 1.807) is 0 Å². The molecular formula is C26H36N4O4S2. The lowest BCUT2D eigenvalue weighted by atomic mass is 9.81. The number of carbonyl (C=O) groups is 2. The summed E-state index contributed by atoms with van der Waals surface area (Å²) >= 11 is 1.35. The van der Waals surface area contributed by atoms with Gasteiger partial charge in [-0.05, 0) is 82.2 Å². The fourth-order valence-corrected chi connectivity index (χ4v) is 8.74. The second-order valence-corrected chi connectivity index (χ2v) is 14.5. The number of hydrogen-bond donors (Lipinski definition) is 3. The van der Waals surface area contributed by atoms with E-state index in [1.165, 1.54) is 39.9 Å². The normalized spacial score (nSPS) is 23.6. The monoisotopic (exact) mass is 532 g/mol. The summed E-state index contributed by atoms with van der Waals surface area (Å²) in [7, 11) is -3.64. The van der Waals surface area contributed by atoms with Crippen LogP contribution < -0.4 is 16.4 Å². The molecule has 2 aliphatic heterocycles. The quantitative estimate of drug-likeness (QED) is 0.539. The van der Waals surface area contributed by atoms with Gasteiger partial charge >= 0.3 is 0 Å². The first kappa shape index (κ1) is 26.8. The van der Waals surface area contributed by atoms with Crippen molar-refractivity contribution < 1.29 is 18.0 Å². The zero-order valence-corrected chi connectivity index (χ0v) is 23.4. The number of primary amides is 1.